The Kier molecular flexibility index (Phi) is 5.53. The molecule has 34 heavy (non-hydrogen) atoms. The van der Waals surface area contributed by atoms with E-state index in [4.69, 9.17) is 4.98 Å². The number of rotatable bonds is 4. The first kappa shape index (κ1) is 21.6. The zero-order valence-corrected chi connectivity index (χ0v) is 20.4. The molecule has 3 aromatic rings. The van der Waals surface area contributed by atoms with Gasteiger partial charge >= 0.3 is 0 Å². The molecule has 5 heterocycles. The highest BCUT2D eigenvalue weighted by Crippen LogP contribution is 2.39. The Hall–Kier alpha value is -2.91. The molecule has 2 fully saturated rings. The van der Waals surface area contributed by atoms with E-state index in [2.05, 4.69) is 42.8 Å². The fraction of sp³-hybridized carbons (Fsp3) is 0.480. The Balaban J connectivity index is 1.17. The maximum absolute atomic E-state index is 13.2. The molecule has 2 saturated heterocycles. The summed E-state index contributed by atoms with van der Waals surface area (Å²) in [6.45, 7) is 7.95. The van der Waals surface area contributed by atoms with Crippen LogP contribution in [0, 0.1) is 12.3 Å². The average Bonchev–Trinajstić information content (AvgIpc) is 3.60. The minimum absolute atomic E-state index is 0.151. The molecule has 3 aliphatic rings. The van der Waals surface area contributed by atoms with Crippen LogP contribution < -0.4 is 20.4 Å². The van der Waals surface area contributed by atoms with Crippen LogP contribution in [-0.2, 0) is 13.0 Å². The molecule has 1 amide bonds. The van der Waals surface area contributed by atoms with Crippen LogP contribution in [0.4, 0.5) is 16.5 Å². The van der Waals surface area contributed by atoms with Gasteiger partial charge in [0, 0.05) is 61.2 Å². The first-order valence-electron chi connectivity index (χ1n) is 12.2. The molecule has 178 valence electrons. The molecule has 0 radical (unpaired) electrons. The van der Waals surface area contributed by atoms with Gasteiger partial charge < -0.3 is 20.4 Å². The Labute approximate surface area is 203 Å². The molecule has 0 saturated carbocycles. The van der Waals surface area contributed by atoms with Gasteiger partial charge in [-0.2, -0.15) is 5.10 Å². The number of H-pyrrole nitrogens is 1. The summed E-state index contributed by atoms with van der Waals surface area (Å²) in [5.74, 6) is -0.151. The van der Waals surface area contributed by atoms with Crippen molar-refractivity contribution in [3.63, 3.8) is 0 Å². The van der Waals surface area contributed by atoms with Crippen molar-refractivity contribution in [1.29, 1.82) is 0 Å². The van der Waals surface area contributed by atoms with E-state index in [1.165, 1.54) is 41.9 Å². The fourth-order valence-electron chi connectivity index (χ4n) is 5.71. The monoisotopic (exact) mass is 477 g/mol. The number of aromatic amines is 1. The molecule has 0 bridgehead atoms. The minimum atomic E-state index is -0.151. The van der Waals surface area contributed by atoms with E-state index < -0.39 is 0 Å². The number of nitrogens with one attached hydrogen (secondary N) is 3. The summed E-state index contributed by atoms with van der Waals surface area (Å²) >= 11 is 1.53. The summed E-state index contributed by atoms with van der Waals surface area (Å²) in [7, 11) is 0. The summed E-state index contributed by atoms with van der Waals surface area (Å²) in [6.07, 6.45) is 4.61. The van der Waals surface area contributed by atoms with Crippen LogP contribution in [0.2, 0.25) is 0 Å². The summed E-state index contributed by atoms with van der Waals surface area (Å²) in [5.41, 5.74) is 6.31. The van der Waals surface area contributed by atoms with Gasteiger partial charge in [0.1, 0.15) is 5.69 Å². The summed E-state index contributed by atoms with van der Waals surface area (Å²) in [4.78, 5) is 22.6. The number of hydrogen-bond acceptors (Lipinski definition) is 7. The molecule has 1 unspecified atom stereocenters. The number of benzene rings is 1. The highest BCUT2D eigenvalue weighted by atomic mass is 32.1. The summed E-state index contributed by atoms with van der Waals surface area (Å²) in [5, 5.41) is 16.9. The molecule has 1 atom stereocenters. The van der Waals surface area contributed by atoms with Crippen molar-refractivity contribution in [3.8, 4) is 0 Å². The largest absolute Gasteiger partial charge is 0.369 e. The third-order valence-electron chi connectivity index (χ3n) is 7.62. The smallest absolute Gasteiger partial charge is 0.275 e. The molecule has 2 aromatic heterocycles. The number of nitrogens with zero attached hydrogens (tertiary/aromatic N) is 4. The predicted molar refractivity (Wildman–Crippen MR) is 136 cm³/mol. The van der Waals surface area contributed by atoms with Crippen molar-refractivity contribution in [2.45, 2.75) is 39.2 Å². The molecule has 9 heteroatoms. The Morgan fingerprint density at radius 1 is 1.21 bits per heavy atom. The fourth-order valence-corrected chi connectivity index (χ4v) is 6.55. The van der Waals surface area contributed by atoms with E-state index >= 15 is 0 Å². The average molecular weight is 478 g/mol. The third-order valence-corrected chi connectivity index (χ3v) is 8.52. The van der Waals surface area contributed by atoms with Crippen molar-refractivity contribution in [2.75, 3.05) is 47.8 Å². The normalized spacial score (nSPS) is 22.3. The zero-order chi connectivity index (χ0) is 23.1. The number of amides is 1. The van der Waals surface area contributed by atoms with Gasteiger partial charge in [-0.15, -0.1) is 11.3 Å². The number of para-hydroxylation sites is 2. The molecule has 3 N–H and O–H groups in total. The van der Waals surface area contributed by atoms with Crippen LogP contribution >= 0.6 is 11.3 Å². The number of aryl methyl sites for hydroxylation is 1. The number of carbonyl (C=O) groups is 1. The van der Waals surface area contributed by atoms with Crippen molar-refractivity contribution >= 4 is 33.8 Å². The van der Waals surface area contributed by atoms with Crippen molar-refractivity contribution in [2.24, 2.45) is 5.41 Å². The molecule has 6 rings (SSSR count). The Bertz CT molecular complexity index is 1200. The second-order valence-electron chi connectivity index (χ2n) is 9.88. The highest BCUT2D eigenvalue weighted by molar-refractivity contribution is 7.13. The molecule has 3 aliphatic heterocycles. The van der Waals surface area contributed by atoms with Gasteiger partial charge in [-0.1, -0.05) is 12.1 Å². The van der Waals surface area contributed by atoms with Crippen LogP contribution in [0.25, 0.3) is 0 Å². The number of aromatic nitrogens is 3. The first-order chi connectivity index (χ1) is 16.6. The number of carbonyl (C=O) groups excluding carboxylic acids is 1. The number of hydrogen-bond donors (Lipinski definition) is 3. The zero-order valence-electron chi connectivity index (χ0n) is 19.6. The standard InChI is InChI=1S/C25H31N7OS/c1-17-18-13-31(12-7-19(18)30-29-17)24-28-21(14-34-24)23(33)27-20-5-2-3-6-22(20)32-11-4-8-25(16-32)9-10-26-15-25/h2-3,5-6,14,26H,4,7-13,15-16H2,1H3,(H,27,33)(H,29,30). The van der Waals surface area contributed by atoms with Gasteiger partial charge in [0.05, 0.1) is 17.1 Å². The van der Waals surface area contributed by atoms with E-state index in [9.17, 15) is 4.79 Å². The lowest BCUT2D eigenvalue weighted by molar-refractivity contribution is 0.102. The van der Waals surface area contributed by atoms with E-state index in [-0.39, 0.29) is 5.91 Å². The number of fused-ring (bicyclic) bond motifs is 1. The van der Waals surface area contributed by atoms with Gasteiger partial charge in [-0.3, -0.25) is 9.89 Å². The Morgan fingerprint density at radius 2 is 2.12 bits per heavy atom. The van der Waals surface area contributed by atoms with Gasteiger partial charge in [0.15, 0.2) is 5.13 Å². The Morgan fingerprint density at radius 3 is 3.00 bits per heavy atom. The first-order valence-corrected chi connectivity index (χ1v) is 13.1. The molecular formula is C25H31N7OS. The van der Waals surface area contributed by atoms with Crippen LogP contribution in [0.5, 0.6) is 0 Å². The van der Waals surface area contributed by atoms with Crippen molar-refractivity contribution in [1.82, 2.24) is 20.5 Å². The molecule has 8 nitrogen and oxygen atoms in total. The lowest BCUT2D eigenvalue weighted by atomic mass is 9.79. The topological polar surface area (TPSA) is 89.2 Å². The summed E-state index contributed by atoms with van der Waals surface area (Å²) in [6, 6.07) is 8.17. The molecule has 1 aromatic carbocycles. The molecule has 0 aliphatic carbocycles. The SMILES string of the molecule is Cc1n[nH]c2c1CN(c1nc(C(=O)Nc3ccccc3N3CCCC4(CCNC4)C3)cs1)CC2. The van der Waals surface area contributed by atoms with Gasteiger partial charge in [-0.05, 0) is 44.9 Å². The maximum atomic E-state index is 13.2. The maximum Gasteiger partial charge on any atom is 0.275 e. The number of piperidine rings is 1. The van der Waals surface area contributed by atoms with Gasteiger partial charge in [0.2, 0.25) is 0 Å². The van der Waals surface area contributed by atoms with Crippen LogP contribution in [0.1, 0.15) is 46.7 Å². The molecular weight excluding hydrogens is 446 g/mol. The van der Waals surface area contributed by atoms with Crippen LogP contribution in [-0.4, -0.2) is 53.8 Å². The number of thiazole rings is 1. The quantitative estimate of drug-likeness (QED) is 0.532. The van der Waals surface area contributed by atoms with Gasteiger partial charge in [-0.25, -0.2) is 4.98 Å². The van der Waals surface area contributed by atoms with E-state index in [1.807, 2.05) is 24.4 Å². The van der Waals surface area contributed by atoms with E-state index in [0.29, 0.717) is 11.1 Å². The highest BCUT2D eigenvalue weighted by Gasteiger charge is 2.38. The minimum Gasteiger partial charge on any atom is -0.369 e. The second kappa shape index (κ2) is 8.70. The van der Waals surface area contributed by atoms with Crippen LogP contribution in [0.15, 0.2) is 29.6 Å². The third kappa shape index (κ3) is 3.96. The lowest BCUT2D eigenvalue weighted by Gasteiger charge is -2.41. The van der Waals surface area contributed by atoms with Crippen molar-refractivity contribution < 1.29 is 4.79 Å². The van der Waals surface area contributed by atoms with E-state index in [0.717, 1.165) is 67.9 Å². The van der Waals surface area contributed by atoms with Crippen molar-refractivity contribution in [3.05, 3.63) is 52.3 Å². The van der Waals surface area contributed by atoms with Crippen LogP contribution in [0.3, 0.4) is 0 Å². The predicted octanol–water partition coefficient (Wildman–Crippen LogP) is 3.57. The second-order valence-corrected chi connectivity index (χ2v) is 10.7. The van der Waals surface area contributed by atoms with Gasteiger partial charge in [0.25, 0.3) is 5.91 Å². The molecule has 1 spiro atoms. The lowest BCUT2D eigenvalue weighted by Crippen LogP contribution is -2.44. The summed E-state index contributed by atoms with van der Waals surface area (Å²) < 4.78 is 0. The van der Waals surface area contributed by atoms with E-state index in [1.54, 1.807) is 0 Å². The number of anilines is 3.